The molecule has 9 heteroatoms. The number of halogens is 1. The predicted molar refractivity (Wildman–Crippen MR) is 131 cm³/mol. The zero-order chi connectivity index (χ0) is 19.9. The Bertz CT molecular complexity index is 770. The van der Waals surface area contributed by atoms with Crippen LogP contribution in [0.15, 0.2) is 22.5 Å². The Morgan fingerprint density at radius 1 is 1.31 bits per heavy atom. The third-order valence-corrected chi connectivity index (χ3v) is 6.34. The van der Waals surface area contributed by atoms with Gasteiger partial charge in [0.05, 0.1) is 24.9 Å². The second-order valence-electron chi connectivity index (χ2n) is 7.08. The van der Waals surface area contributed by atoms with Crippen molar-refractivity contribution in [1.82, 2.24) is 25.3 Å². The van der Waals surface area contributed by atoms with Crippen molar-refractivity contribution in [3.8, 4) is 0 Å². The van der Waals surface area contributed by atoms with Crippen LogP contribution in [0.1, 0.15) is 27.9 Å². The Balaban J connectivity index is 0.00000300. The maximum absolute atomic E-state index is 5.53. The van der Waals surface area contributed by atoms with Crippen LogP contribution in [0.5, 0.6) is 0 Å². The summed E-state index contributed by atoms with van der Waals surface area (Å²) in [6.07, 6.45) is 0.935. The highest BCUT2D eigenvalue weighted by Gasteiger charge is 2.23. The summed E-state index contributed by atoms with van der Waals surface area (Å²) in [4.78, 5) is 8.28. The van der Waals surface area contributed by atoms with Gasteiger partial charge in [0.1, 0.15) is 0 Å². The van der Waals surface area contributed by atoms with E-state index in [1.165, 1.54) is 16.1 Å². The second-order valence-corrected chi connectivity index (χ2v) is 8.06. The number of rotatable bonds is 7. The van der Waals surface area contributed by atoms with Gasteiger partial charge in [0.15, 0.2) is 5.96 Å². The number of hydrogen-bond donors (Lipinski definition) is 2. The third kappa shape index (κ3) is 6.40. The highest BCUT2D eigenvalue weighted by atomic mass is 127. The first-order valence-electron chi connectivity index (χ1n) is 9.89. The number of aryl methyl sites for hydroxylation is 2. The molecule has 2 aromatic heterocycles. The molecule has 0 saturated carbocycles. The van der Waals surface area contributed by atoms with Crippen molar-refractivity contribution in [1.29, 1.82) is 0 Å². The van der Waals surface area contributed by atoms with Crippen LogP contribution in [0.4, 0.5) is 0 Å². The summed E-state index contributed by atoms with van der Waals surface area (Å²) in [5.74, 6) is 0.842. The van der Waals surface area contributed by atoms with E-state index in [1.807, 2.05) is 30.1 Å². The average molecular weight is 532 g/mol. The van der Waals surface area contributed by atoms with Crippen molar-refractivity contribution in [2.75, 3.05) is 46.4 Å². The van der Waals surface area contributed by atoms with E-state index in [0.29, 0.717) is 6.04 Å². The summed E-state index contributed by atoms with van der Waals surface area (Å²) < 4.78 is 7.48. The number of nitrogens with zero attached hydrogens (tertiary/aromatic N) is 4. The molecule has 1 aliphatic heterocycles. The fourth-order valence-electron chi connectivity index (χ4n) is 3.68. The monoisotopic (exact) mass is 532 g/mol. The molecule has 1 saturated heterocycles. The maximum Gasteiger partial charge on any atom is 0.191 e. The van der Waals surface area contributed by atoms with E-state index >= 15 is 0 Å². The summed E-state index contributed by atoms with van der Waals surface area (Å²) in [5, 5.41) is 13.6. The molecule has 7 nitrogen and oxygen atoms in total. The Morgan fingerprint density at radius 3 is 2.66 bits per heavy atom. The summed E-state index contributed by atoms with van der Waals surface area (Å²) in [6, 6.07) is 4.68. The van der Waals surface area contributed by atoms with Crippen LogP contribution >= 0.6 is 35.3 Å². The van der Waals surface area contributed by atoms with Gasteiger partial charge in [0.25, 0.3) is 0 Å². The fraction of sp³-hybridized carbons (Fsp3) is 0.600. The lowest BCUT2D eigenvalue weighted by molar-refractivity contribution is 0.0177. The zero-order valence-corrected chi connectivity index (χ0v) is 20.9. The largest absolute Gasteiger partial charge is 0.379 e. The third-order valence-electron chi connectivity index (χ3n) is 5.37. The lowest BCUT2D eigenvalue weighted by atomic mass is 10.1. The zero-order valence-electron chi connectivity index (χ0n) is 17.8. The summed E-state index contributed by atoms with van der Waals surface area (Å²) in [5.41, 5.74) is 3.65. The molecule has 3 rings (SSSR count). The number of thiophene rings is 1. The van der Waals surface area contributed by atoms with Gasteiger partial charge in [-0.05, 0) is 37.3 Å². The molecule has 0 aliphatic carbocycles. The molecule has 162 valence electrons. The van der Waals surface area contributed by atoms with Crippen LogP contribution in [0, 0.1) is 13.8 Å². The lowest BCUT2D eigenvalue weighted by Crippen LogP contribution is -2.46. The Kier molecular flexibility index (Phi) is 9.87. The van der Waals surface area contributed by atoms with Gasteiger partial charge in [-0.3, -0.25) is 14.6 Å². The van der Waals surface area contributed by atoms with Gasteiger partial charge in [-0.15, -0.1) is 35.3 Å². The minimum atomic E-state index is 0. The molecule has 2 aromatic rings. The van der Waals surface area contributed by atoms with Crippen molar-refractivity contribution in [2.24, 2.45) is 12.0 Å². The standard InChI is InChI=1S/C20H32N6OS.HI/c1-15-17(16(2)25(4)24-15)7-8-22-20(21-3)23-14-18(19-6-5-13-28-19)26-9-11-27-12-10-26;/h5-6,13,18H,7-12,14H2,1-4H3,(H2,21,22,23);1H. The van der Waals surface area contributed by atoms with E-state index in [1.54, 1.807) is 0 Å². The molecule has 2 N–H and O–H groups in total. The Morgan fingerprint density at radius 2 is 2.07 bits per heavy atom. The van der Waals surface area contributed by atoms with Crippen LogP contribution in [0.2, 0.25) is 0 Å². The molecule has 0 spiro atoms. The van der Waals surface area contributed by atoms with Gasteiger partial charge < -0.3 is 15.4 Å². The van der Waals surface area contributed by atoms with E-state index in [9.17, 15) is 0 Å². The second kappa shape index (κ2) is 11.9. The minimum absolute atomic E-state index is 0. The molecule has 1 fully saturated rings. The molecule has 0 radical (unpaired) electrons. The number of nitrogens with one attached hydrogen (secondary N) is 2. The number of aromatic nitrogens is 2. The summed E-state index contributed by atoms with van der Waals surface area (Å²) in [6.45, 7) is 9.39. The van der Waals surface area contributed by atoms with Crippen molar-refractivity contribution in [3.63, 3.8) is 0 Å². The molecule has 0 bridgehead atoms. The number of morpholine rings is 1. The lowest BCUT2D eigenvalue weighted by Gasteiger charge is -2.34. The predicted octanol–water partition coefficient (Wildman–Crippen LogP) is 2.50. The fourth-order valence-corrected chi connectivity index (χ4v) is 4.54. The molecule has 3 heterocycles. The molecular formula is C20H33IN6OS. The first-order chi connectivity index (χ1) is 13.6. The molecule has 1 aliphatic rings. The van der Waals surface area contributed by atoms with E-state index in [0.717, 1.165) is 57.5 Å². The number of aliphatic imine (C=N–C) groups is 1. The number of hydrogen-bond acceptors (Lipinski definition) is 5. The van der Waals surface area contributed by atoms with Crippen LogP contribution in [-0.2, 0) is 18.2 Å². The van der Waals surface area contributed by atoms with Gasteiger partial charge in [-0.2, -0.15) is 5.10 Å². The number of guanidine groups is 1. The first kappa shape index (κ1) is 24.1. The molecule has 1 unspecified atom stereocenters. The van der Waals surface area contributed by atoms with Crippen LogP contribution in [-0.4, -0.2) is 67.1 Å². The van der Waals surface area contributed by atoms with E-state index < -0.39 is 0 Å². The van der Waals surface area contributed by atoms with Crippen molar-refractivity contribution in [3.05, 3.63) is 39.3 Å². The smallest absolute Gasteiger partial charge is 0.191 e. The van der Waals surface area contributed by atoms with Gasteiger partial charge >= 0.3 is 0 Å². The quantitative estimate of drug-likeness (QED) is 0.326. The van der Waals surface area contributed by atoms with Crippen LogP contribution in [0.25, 0.3) is 0 Å². The molecular weight excluding hydrogens is 499 g/mol. The van der Waals surface area contributed by atoms with E-state index in [2.05, 4.69) is 57.0 Å². The maximum atomic E-state index is 5.53. The molecule has 29 heavy (non-hydrogen) atoms. The van der Waals surface area contributed by atoms with Crippen molar-refractivity contribution >= 4 is 41.3 Å². The molecule has 1 atom stereocenters. The van der Waals surface area contributed by atoms with Crippen LogP contribution in [0.3, 0.4) is 0 Å². The average Bonchev–Trinajstić information content (AvgIpc) is 3.31. The first-order valence-corrected chi connectivity index (χ1v) is 10.8. The molecule has 0 aromatic carbocycles. The van der Waals surface area contributed by atoms with Gasteiger partial charge in [0, 0.05) is 50.8 Å². The van der Waals surface area contributed by atoms with E-state index in [-0.39, 0.29) is 24.0 Å². The van der Waals surface area contributed by atoms with Gasteiger partial charge in [-0.25, -0.2) is 0 Å². The summed E-state index contributed by atoms with van der Waals surface area (Å²) >= 11 is 1.81. The van der Waals surface area contributed by atoms with Crippen molar-refractivity contribution < 1.29 is 4.74 Å². The van der Waals surface area contributed by atoms with Gasteiger partial charge in [-0.1, -0.05) is 6.07 Å². The Labute approximate surface area is 194 Å². The van der Waals surface area contributed by atoms with Crippen molar-refractivity contribution in [2.45, 2.75) is 26.3 Å². The van der Waals surface area contributed by atoms with Crippen LogP contribution < -0.4 is 10.6 Å². The van der Waals surface area contributed by atoms with Gasteiger partial charge in [0.2, 0.25) is 0 Å². The normalized spacial score (nSPS) is 16.3. The topological polar surface area (TPSA) is 66.7 Å². The SMILES string of the molecule is CN=C(NCCc1c(C)nn(C)c1C)NCC(c1cccs1)N1CCOCC1.I. The highest BCUT2D eigenvalue weighted by molar-refractivity contribution is 14.0. The van der Waals surface area contributed by atoms with E-state index in [4.69, 9.17) is 4.74 Å². The number of ether oxygens (including phenoxy) is 1. The molecule has 0 amide bonds. The summed E-state index contributed by atoms with van der Waals surface area (Å²) in [7, 11) is 3.82. The highest BCUT2D eigenvalue weighted by Crippen LogP contribution is 2.25. The Hall–Kier alpha value is -1.17. The minimum Gasteiger partial charge on any atom is -0.379 e.